The summed E-state index contributed by atoms with van der Waals surface area (Å²) in [4.78, 5) is 25.4. The second-order valence-electron chi connectivity index (χ2n) is 7.29. The normalized spacial score (nSPS) is 21.7. The Morgan fingerprint density at radius 1 is 1.38 bits per heavy atom. The maximum atomic E-state index is 15.3. The van der Waals surface area contributed by atoms with Gasteiger partial charge in [-0.2, -0.15) is 0 Å². The number of pyridine rings is 1. The zero-order valence-electron chi connectivity index (χ0n) is 15.5. The van der Waals surface area contributed by atoms with Crippen LogP contribution in [0.1, 0.15) is 18.9 Å². The third-order valence-electron chi connectivity index (χ3n) is 5.40. The minimum atomic E-state index is -1.65. The van der Waals surface area contributed by atoms with Crippen LogP contribution in [-0.4, -0.2) is 48.2 Å². The van der Waals surface area contributed by atoms with Gasteiger partial charge in [0.15, 0.2) is 11.6 Å². The predicted octanol–water partition coefficient (Wildman–Crippen LogP) is 1.93. The van der Waals surface area contributed by atoms with Crippen LogP contribution in [0.4, 0.5) is 20.6 Å². The third-order valence-corrected chi connectivity index (χ3v) is 5.76. The van der Waals surface area contributed by atoms with Gasteiger partial charge in [0.25, 0.3) is 0 Å². The molecule has 1 aliphatic heterocycles. The first-order valence-electron chi connectivity index (χ1n) is 9.04. The highest BCUT2D eigenvalue weighted by molar-refractivity contribution is 6.38. The molecular formula is C18H20ClFN4O5. The van der Waals surface area contributed by atoms with Crippen molar-refractivity contribution < 1.29 is 23.8 Å². The average Bonchev–Trinajstić information content (AvgIpc) is 3.44. The van der Waals surface area contributed by atoms with E-state index in [1.54, 1.807) is 9.47 Å². The summed E-state index contributed by atoms with van der Waals surface area (Å²) in [5.41, 5.74) is 11.1. The lowest BCUT2D eigenvalue weighted by atomic mass is 10.1. The van der Waals surface area contributed by atoms with Gasteiger partial charge in [0.05, 0.1) is 45.6 Å². The van der Waals surface area contributed by atoms with Crippen molar-refractivity contribution >= 4 is 40.0 Å². The largest absolute Gasteiger partial charge is 0.511 e. The van der Waals surface area contributed by atoms with Crippen LogP contribution >= 0.6 is 11.6 Å². The van der Waals surface area contributed by atoms with Crippen LogP contribution < -0.4 is 26.5 Å². The van der Waals surface area contributed by atoms with Crippen molar-refractivity contribution in [3.63, 3.8) is 0 Å². The number of aromatic nitrogens is 1. The standard InChI is InChI=1S/C18H20ClFN4O5/c1-28-9-5-23(4-8(9)21)16-12(19)15-11(14(22)13(16)20)17(25)10(29-18(26)27)6-24(15)7-2-3-7/h6-9H,2-5,21-22H2,1H3,(H,26,27)/t8-,9+/m0/s1. The molecule has 1 saturated carbocycles. The Balaban J connectivity index is 1.99. The molecule has 156 valence electrons. The third kappa shape index (κ3) is 3.17. The topological polar surface area (TPSA) is 133 Å². The van der Waals surface area contributed by atoms with E-state index in [1.165, 1.54) is 13.3 Å². The summed E-state index contributed by atoms with van der Waals surface area (Å²) >= 11 is 6.61. The lowest BCUT2D eigenvalue weighted by molar-refractivity contribution is 0.108. The van der Waals surface area contributed by atoms with Gasteiger partial charge in [-0.25, -0.2) is 9.18 Å². The molecule has 9 nitrogen and oxygen atoms in total. The van der Waals surface area contributed by atoms with E-state index in [0.717, 1.165) is 12.8 Å². The second-order valence-corrected chi connectivity index (χ2v) is 7.66. The van der Waals surface area contributed by atoms with Crippen LogP contribution in [0, 0.1) is 5.82 Å². The molecule has 0 radical (unpaired) electrons. The number of nitrogen functional groups attached to an aromatic ring is 1. The van der Waals surface area contributed by atoms with Gasteiger partial charge in [0.2, 0.25) is 5.43 Å². The zero-order chi connectivity index (χ0) is 21.0. The molecule has 29 heavy (non-hydrogen) atoms. The summed E-state index contributed by atoms with van der Waals surface area (Å²) in [6, 6.07) is -0.360. The zero-order valence-corrected chi connectivity index (χ0v) is 16.3. The summed E-state index contributed by atoms with van der Waals surface area (Å²) in [5.74, 6) is -1.31. The number of halogens is 2. The van der Waals surface area contributed by atoms with Crippen molar-refractivity contribution in [1.82, 2.24) is 4.57 Å². The van der Waals surface area contributed by atoms with E-state index in [-0.39, 0.29) is 39.8 Å². The highest BCUT2D eigenvalue weighted by atomic mass is 35.5. The van der Waals surface area contributed by atoms with E-state index >= 15 is 4.39 Å². The molecule has 2 heterocycles. The number of ether oxygens (including phenoxy) is 2. The van der Waals surface area contributed by atoms with Gasteiger partial charge >= 0.3 is 6.16 Å². The van der Waals surface area contributed by atoms with Gasteiger partial charge in [0, 0.05) is 26.2 Å². The fourth-order valence-corrected chi connectivity index (χ4v) is 4.24. The van der Waals surface area contributed by atoms with Gasteiger partial charge in [-0.3, -0.25) is 4.79 Å². The number of benzene rings is 1. The molecule has 1 aliphatic carbocycles. The number of fused-ring (bicyclic) bond motifs is 1. The SMILES string of the molecule is CO[C@@H]1CN(c2c(F)c(N)c3c(=O)c(OC(=O)O)cn(C4CC4)c3c2Cl)C[C@@H]1N. The summed E-state index contributed by atoms with van der Waals surface area (Å²) in [5, 5.41) is 8.73. The molecule has 1 saturated heterocycles. The van der Waals surface area contributed by atoms with E-state index in [4.69, 9.17) is 32.9 Å². The highest BCUT2D eigenvalue weighted by Crippen LogP contribution is 2.45. The molecule has 2 aromatic rings. The molecule has 1 aromatic carbocycles. The van der Waals surface area contributed by atoms with Crippen LogP contribution in [0.3, 0.4) is 0 Å². The summed E-state index contributed by atoms with van der Waals surface area (Å²) < 4.78 is 26.8. The Hall–Kier alpha value is -2.56. The first-order chi connectivity index (χ1) is 13.7. The van der Waals surface area contributed by atoms with Crippen LogP contribution in [0.2, 0.25) is 5.02 Å². The van der Waals surface area contributed by atoms with E-state index in [2.05, 4.69) is 4.74 Å². The van der Waals surface area contributed by atoms with Crippen molar-refractivity contribution in [2.45, 2.75) is 31.0 Å². The van der Waals surface area contributed by atoms with Crippen molar-refractivity contribution in [1.29, 1.82) is 0 Å². The quantitative estimate of drug-likeness (QED) is 0.499. The first-order valence-corrected chi connectivity index (χ1v) is 9.41. The molecule has 0 spiro atoms. The van der Waals surface area contributed by atoms with Crippen molar-refractivity contribution in [2.24, 2.45) is 5.73 Å². The summed E-state index contributed by atoms with van der Waals surface area (Å²) in [7, 11) is 1.52. The van der Waals surface area contributed by atoms with Gasteiger partial charge in [0.1, 0.15) is 0 Å². The van der Waals surface area contributed by atoms with Gasteiger partial charge in [-0.15, -0.1) is 0 Å². The Morgan fingerprint density at radius 2 is 2.07 bits per heavy atom. The minimum absolute atomic E-state index is 0.0153. The van der Waals surface area contributed by atoms with Crippen molar-refractivity contribution in [3.05, 3.63) is 27.3 Å². The summed E-state index contributed by atoms with van der Waals surface area (Å²) in [6.45, 7) is 0.612. The number of anilines is 2. The van der Waals surface area contributed by atoms with E-state index in [9.17, 15) is 9.59 Å². The Morgan fingerprint density at radius 3 is 2.62 bits per heavy atom. The monoisotopic (exact) mass is 426 g/mol. The number of carbonyl (C=O) groups is 1. The van der Waals surface area contributed by atoms with E-state index in [1.807, 2.05) is 0 Å². The molecular weight excluding hydrogens is 407 g/mol. The van der Waals surface area contributed by atoms with Crippen LogP contribution in [0.25, 0.3) is 10.9 Å². The molecule has 11 heteroatoms. The molecule has 5 N–H and O–H groups in total. The molecule has 0 amide bonds. The lowest BCUT2D eigenvalue weighted by Gasteiger charge is -2.24. The molecule has 2 atom stereocenters. The number of methoxy groups -OCH3 is 1. The maximum absolute atomic E-state index is 15.3. The molecule has 4 rings (SSSR count). The molecule has 1 aromatic heterocycles. The van der Waals surface area contributed by atoms with Gasteiger partial charge in [-0.1, -0.05) is 11.6 Å². The Bertz CT molecular complexity index is 1070. The van der Waals surface area contributed by atoms with Crippen LogP contribution in [0.5, 0.6) is 5.75 Å². The second kappa shape index (κ2) is 7.05. The Kier molecular flexibility index (Phi) is 4.80. The fourth-order valence-electron chi connectivity index (χ4n) is 3.84. The smallest absolute Gasteiger partial charge is 0.449 e. The van der Waals surface area contributed by atoms with Gasteiger partial charge < -0.3 is 35.5 Å². The molecule has 0 bridgehead atoms. The lowest BCUT2D eigenvalue weighted by Crippen LogP contribution is -2.34. The number of hydrogen-bond donors (Lipinski definition) is 3. The molecule has 0 unspecified atom stereocenters. The molecule has 2 fully saturated rings. The maximum Gasteiger partial charge on any atom is 0.511 e. The van der Waals surface area contributed by atoms with Gasteiger partial charge in [-0.05, 0) is 12.8 Å². The molecule has 2 aliphatic rings. The van der Waals surface area contributed by atoms with Crippen LogP contribution in [0.15, 0.2) is 11.0 Å². The number of nitrogens with two attached hydrogens (primary N) is 2. The van der Waals surface area contributed by atoms with E-state index < -0.39 is 28.8 Å². The predicted molar refractivity (Wildman–Crippen MR) is 105 cm³/mol. The summed E-state index contributed by atoms with van der Waals surface area (Å²) in [6.07, 6.45) is 0.931. The minimum Gasteiger partial charge on any atom is -0.449 e. The van der Waals surface area contributed by atoms with Crippen molar-refractivity contribution in [3.8, 4) is 5.75 Å². The first kappa shape index (κ1) is 19.7. The number of hydrogen-bond acceptors (Lipinski definition) is 7. The highest BCUT2D eigenvalue weighted by Gasteiger charge is 2.36. The number of carboxylic acid groups (broad SMARTS) is 1. The Labute approximate surface area is 169 Å². The number of nitrogens with zero attached hydrogens (tertiary/aromatic N) is 2. The van der Waals surface area contributed by atoms with E-state index in [0.29, 0.717) is 13.1 Å². The number of rotatable bonds is 4. The van der Waals surface area contributed by atoms with Crippen LogP contribution in [-0.2, 0) is 4.74 Å². The average molecular weight is 427 g/mol. The fraction of sp³-hybridized carbons (Fsp3) is 0.444. The van der Waals surface area contributed by atoms with Crippen molar-refractivity contribution in [2.75, 3.05) is 30.8 Å².